The lowest BCUT2D eigenvalue weighted by molar-refractivity contribution is -0.140. The van der Waals surface area contributed by atoms with Crippen LogP contribution in [0.25, 0.3) is 0 Å². The van der Waals surface area contributed by atoms with E-state index in [1.54, 1.807) is 11.8 Å². The van der Waals surface area contributed by atoms with Crippen LogP contribution in [0.3, 0.4) is 0 Å². The normalized spacial score (nSPS) is 11.7. The summed E-state index contributed by atoms with van der Waals surface area (Å²) in [7, 11) is 0. The fourth-order valence-corrected chi connectivity index (χ4v) is 3.33. The van der Waals surface area contributed by atoms with Crippen molar-refractivity contribution in [1.82, 2.24) is 10.2 Å². The molecule has 0 bridgehead atoms. The van der Waals surface area contributed by atoms with Gasteiger partial charge in [-0.15, -0.1) is 0 Å². The summed E-state index contributed by atoms with van der Waals surface area (Å²) in [5, 5.41) is 2.90. The van der Waals surface area contributed by atoms with Gasteiger partial charge in [0.2, 0.25) is 11.8 Å². The van der Waals surface area contributed by atoms with Crippen LogP contribution in [0.4, 0.5) is 0 Å². The minimum Gasteiger partial charge on any atom is -0.354 e. The van der Waals surface area contributed by atoms with Crippen LogP contribution in [0.5, 0.6) is 0 Å². The number of benzene rings is 2. The van der Waals surface area contributed by atoms with Crippen LogP contribution < -0.4 is 5.32 Å². The summed E-state index contributed by atoms with van der Waals surface area (Å²) in [6.07, 6.45) is 1.15. The minimum absolute atomic E-state index is 0.0524. The minimum atomic E-state index is -0.535. The number of nitrogens with one attached hydrogen (secondary N) is 1. The van der Waals surface area contributed by atoms with Crippen LogP contribution in [-0.2, 0) is 22.6 Å². The standard InChI is InChI=1S/C22H27BrN2O2/c1-4-12-24-22(27)17(3)25(15-18-9-7-11-20(23)13-18)21(26)14-19-10-6-5-8-16(19)2/h5-11,13,17H,4,12,14-15H2,1-3H3,(H,24,27)/t17-/m1/s1. The molecule has 4 nitrogen and oxygen atoms in total. The first-order valence-electron chi connectivity index (χ1n) is 9.28. The molecule has 2 aromatic rings. The molecule has 144 valence electrons. The topological polar surface area (TPSA) is 49.4 Å². The van der Waals surface area contributed by atoms with E-state index in [2.05, 4.69) is 21.2 Å². The highest BCUT2D eigenvalue weighted by atomic mass is 79.9. The number of hydrogen-bond donors (Lipinski definition) is 1. The predicted molar refractivity (Wildman–Crippen MR) is 112 cm³/mol. The highest BCUT2D eigenvalue weighted by Gasteiger charge is 2.26. The Kier molecular flexibility index (Phi) is 8.04. The molecule has 0 aliphatic heterocycles. The number of halogens is 1. The maximum Gasteiger partial charge on any atom is 0.242 e. The molecule has 5 heteroatoms. The summed E-state index contributed by atoms with van der Waals surface area (Å²) in [6.45, 7) is 6.80. The summed E-state index contributed by atoms with van der Waals surface area (Å²) in [4.78, 5) is 27.3. The number of hydrogen-bond acceptors (Lipinski definition) is 2. The van der Waals surface area contributed by atoms with Gasteiger partial charge >= 0.3 is 0 Å². The number of aryl methyl sites for hydroxylation is 1. The van der Waals surface area contributed by atoms with Crippen LogP contribution in [0, 0.1) is 6.92 Å². The van der Waals surface area contributed by atoms with E-state index in [-0.39, 0.29) is 18.2 Å². The van der Waals surface area contributed by atoms with E-state index >= 15 is 0 Å². The molecular weight excluding hydrogens is 404 g/mol. The van der Waals surface area contributed by atoms with Crippen molar-refractivity contribution >= 4 is 27.7 Å². The van der Waals surface area contributed by atoms with Gasteiger partial charge < -0.3 is 10.2 Å². The van der Waals surface area contributed by atoms with Crippen molar-refractivity contribution in [2.75, 3.05) is 6.54 Å². The molecule has 0 aromatic heterocycles. The lowest BCUT2D eigenvalue weighted by Gasteiger charge is -2.29. The molecule has 2 rings (SSSR count). The Morgan fingerprint density at radius 2 is 1.89 bits per heavy atom. The van der Waals surface area contributed by atoms with E-state index in [4.69, 9.17) is 0 Å². The molecule has 0 saturated carbocycles. The van der Waals surface area contributed by atoms with Gasteiger partial charge in [-0.25, -0.2) is 0 Å². The highest BCUT2D eigenvalue weighted by molar-refractivity contribution is 9.10. The van der Waals surface area contributed by atoms with Crippen LogP contribution in [0.15, 0.2) is 53.0 Å². The number of rotatable bonds is 8. The molecule has 0 fully saturated rings. The van der Waals surface area contributed by atoms with Crippen LogP contribution in [0.2, 0.25) is 0 Å². The van der Waals surface area contributed by atoms with Gasteiger partial charge in [0.1, 0.15) is 6.04 Å². The molecule has 2 amide bonds. The Morgan fingerprint density at radius 1 is 1.15 bits per heavy atom. The van der Waals surface area contributed by atoms with Gasteiger partial charge in [-0.05, 0) is 49.1 Å². The lowest BCUT2D eigenvalue weighted by Crippen LogP contribution is -2.48. The Hall–Kier alpha value is -2.14. The summed E-state index contributed by atoms with van der Waals surface area (Å²) in [5.41, 5.74) is 3.05. The second kappa shape index (κ2) is 10.3. The predicted octanol–water partition coefficient (Wildman–Crippen LogP) is 4.24. The Bertz CT molecular complexity index is 791. The summed E-state index contributed by atoms with van der Waals surface area (Å²) in [5.74, 6) is -0.173. The molecule has 2 aromatic carbocycles. The van der Waals surface area contributed by atoms with Gasteiger partial charge in [0, 0.05) is 17.6 Å². The first-order chi connectivity index (χ1) is 12.9. The molecule has 0 aliphatic carbocycles. The average molecular weight is 431 g/mol. The highest BCUT2D eigenvalue weighted by Crippen LogP contribution is 2.17. The van der Waals surface area contributed by atoms with E-state index < -0.39 is 6.04 Å². The maximum atomic E-state index is 13.1. The van der Waals surface area contributed by atoms with Gasteiger partial charge in [-0.2, -0.15) is 0 Å². The Balaban J connectivity index is 2.23. The average Bonchev–Trinajstić information content (AvgIpc) is 2.65. The fraction of sp³-hybridized carbons (Fsp3) is 0.364. The van der Waals surface area contributed by atoms with Gasteiger partial charge in [0.25, 0.3) is 0 Å². The first kappa shape index (κ1) is 21.2. The Labute approximate surface area is 170 Å². The number of amides is 2. The van der Waals surface area contributed by atoms with E-state index in [0.29, 0.717) is 13.1 Å². The van der Waals surface area contributed by atoms with Crippen molar-refractivity contribution < 1.29 is 9.59 Å². The number of nitrogens with zero attached hydrogens (tertiary/aromatic N) is 1. The van der Waals surface area contributed by atoms with Crippen LogP contribution in [0.1, 0.15) is 37.0 Å². The van der Waals surface area contributed by atoms with Crippen molar-refractivity contribution in [2.45, 2.75) is 46.2 Å². The second-order valence-electron chi connectivity index (χ2n) is 6.72. The van der Waals surface area contributed by atoms with Crippen LogP contribution >= 0.6 is 15.9 Å². The van der Waals surface area contributed by atoms with Crippen molar-refractivity contribution in [1.29, 1.82) is 0 Å². The zero-order chi connectivity index (χ0) is 19.8. The molecule has 0 heterocycles. The van der Waals surface area contributed by atoms with Gasteiger partial charge in [-0.3, -0.25) is 9.59 Å². The fourth-order valence-electron chi connectivity index (χ4n) is 2.88. The zero-order valence-corrected chi connectivity index (χ0v) is 17.8. The molecule has 1 atom stereocenters. The smallest absolute Gasteiger partial charge is 0.242 e. The number of carbonyl (C=O) groups excluding carboxylic acids is 2. The lowest BCUT2D eigenvalue weighted by atomic mass is 10.0. The first-order valence-corrected chi connectivity index (χ1v) is 10.1. The van der Waals surface area contributed by atoms with Gasteiger partial charge in [-0.1, -0.05) is 59.3 Å². The van der Waals surface area contributed by atoms with E-state index in [1.165, 1.54) is 0 Å². The van der Waals surface area contributed by atoms with Crippen molar-refractivity contribution in [3.63, 3.8) is 0 Å². The van der Waals surface area contributed by atoms with Crippen LogP contribution in [-0.4, -0.2) is 29.3 Å². The largest absolute Gasteiger partial charge is 0.354 e. The SMILES string of the molecule is CCCNC(=O)[C@@H](C)N(Cc1cccc(Br)c1)C(=O)Cc1ccccc1C. The molecular formula is C22H27BrN2O2. The third kappa shape index (κ3) is 6.21. The van der Waals surface area contributed by atoms with E-state index in [1.807, 2.05) is 62.4 Å². The van der Waals surface area contributed by atoms with E-state index in [9.17, 15) is 9.59 Å². The Morgan fingerprint density at radius 3 is 2.56 bits per heavy atom. The summed E-state index contributed by atoms with van der Waals surface area (Å²) < 4.78 is 0.953. The summed E-state index contributed by atoms with van der Waals surface area (Å²) in [6, 6.07) is 15.2. The quantitative estimate of drug-likeness (QED) is 0.680. The second-order valence-corrected chi connectivity index (χ2v) is 7.64. The molecule has 1 N–H and O–H groups in total. The molecule has 27 heavy (non-hydrogen) atoms. The molecule has 0 spiro atoms. The van der Waals surface area contributed by atoms with E-state index in [0.717, 1.165) is 27.6 Å². The van der Waals surface area contributed by atoms with Gasteiger partial charge in [0.15, 0.2) is 0 Å². The zero-order valence-electron chi connectivity index (χ0n) is 16.2. The molecule has 0 aliphatic rings. The molecule has 0 unspecified atom stereocenters. The van der Waals surface area contributed by atoms with Crippen molar-refractivity contribution in [3.8, 4) is 0 Å². The monoisotopic (exact) mass is 430 g/mol. The van der Waals surface area contributed by atoms with Crippen molar-refractivity contribution in [3.05, 3.63) is 69.7 Å². The van der Waals surface area contributed by atoms with Crippen molar-refractivity contribution in [2.24, 2.45) is 0 Å². The summed E-state index contributed by atoms with van der Waals surface area (Å²) >= 11 is 3.47. The third-order valence-corrected chi connectivity index (χ3v) is 5.05. The molecule has 0 saturated heterocycles. The third-order valence-electron chi connectivity index (χ3n) is 4.56. The van der Waals surface area contributed by atoms with Gasteiger partial charge in [0.05, 0.1) is 6.42 Å². The molecule has 0 radical (unpaired) electrons. The number of carbonyl (C=O) groups is 2. The maximum absolute atomic E-state index is 13.1.